The summed E-state index contributed by atoms with van der Waals surface area (Å²) in [4.78, 5) is 35.6. The number of likely N-dealkylation sites (tertiary alicyclic amines) is 1. The zero-order valence-corrected chi connectivity index (χ0v) is 16.9. The number of phenolic OH excluding ortho intramolecular Hbond substituents is 1. The molecule has 1 atom stereocenters. The summed E-state index contributed by atoms with van der Waals surface area (Å²) in [6.07, 6.45) is 2.62. The summed E-state index contributed by atoms with van der Waals surface area (Å²) in [6, 6.07) is 11.7. The molecule has 0 saturated carbocycles. The molecule has 9 nitrogen and oxygen atoms in total. The van der Waals surface area contributed by atoms with Gasteiger partial charge in [-0.15, -0.1) is 0 Å². The molecule has 0 radical (unpaired) electrons. The summed E-state index contributed by atoms with van der Waals surface area (Å²) in [7, 11) is 0. The third kappa shape index (κ3) is 3.01. The van der Waals surface area contributed by atoms with Crippen LogP contribution in [0.5, 0.6) is 5.75 Å². The van der Waals surface area contributed by atoms with Gasteiger partial charge in [-0.1, -0.05) is 30.8 Å². The van der Waals surface area contributed by atoms with Gasteiger partial charge in [0.05, 0.1) is 23.2 Å². The van der Waals surface area contributed by atoms with E-state index in [9.17, 15) is 20.0 Å². The number of hydrogen-bond acceptors (Lipinski definition) is 7. The molecular formula is C23H18N6O3. The van der Waals surface area contributed by atoms with E-state index in [1.807, 2.05) is 24.3 Å². The minimum Gasteiger partial charge on any atom is -0.508 e. The number of nitrogens with one attached hydrogen (secondary N) is 1. The molecule has 1 fully saturated rings. The molecule has 3 aromatic rings. The fraction of sp³-hybridized carbons (Fsp3) is 0.174. The lowest BCUT2D eigenvalue weighted by Crippen LogP contribution is -2.56. The number of hydrogen-bond donors (Lipinski definition) is 2. The summed E-state index contributed by atoms with van der Waals surface area (Å²) in [5, 5.41) is 24.5. The van der Waals surface area contributed by atoms with Gasteiger partial charge < -0.3 is 15.3 Å². The van der Waals surface area contributed by atoms with E-state index in [-0.39, 0.29) is 29.0 Å². The Bertz CT molecular complexity index is 1410. The highest BCUT2D eigenvalue weighted by molar-refractivity contribution is 5.94. The molecule has 2 aliphatic rings. The predicted molar refractivity (Wildman–Crippen MR) is 118 cm³/mol. The van der Waals surface area contributed by atoms with E-state index in [0.717, 1.165) is 10.8 Å². The van der Waals surface area contributed by atoms with Gasteiger partial charge in [-0.05, 0) is 17.5 Å². The Hall–Kier alpha value is -4.45. The molecule has 1 aromatic heterocycles. The maximum Gasteiger partial charge on any atom is 0.266 e. The number of fused-ring (bicyclic) bond motifs is 2. The van der Waals surface area contributed by atoms with Crippen LogP contribution in [-0.4, -0.2) is 44.4 Å². The fourth-order valence-electron chi connectivity index (χ4n) is 4.08. The van der Waals surface area contributed by atoms with Crippen LogP contribution in [0, 0.1) is 17.2 Å². The van der Waals surface area contributed by atoms with Gasteiger partial charge in [0.25, 0.3) is 5.56 Å². The molecule has 1 saturated heterocycles. The monoisotopic (exact) mass is 426 g/mol. The van der Waals surface area contributed by atoms with E-state index in [1.54, 1.807) is 11.0 Å². The average molecular weight is 426 g/mol. The van der Waals surface area contributed by atoms with E-state index >= 15 is 0 Å². The summed E-state index contributed by atoms with van der Waals surface area (Å²) < 4.78 is 1.32. The summed E-state index contributed by atoms with van der Waals surface area (Å²) in [6.45, 7) is 4.39. The molecule has 9 heteroatoms. The summed E-state index contributed by atoms with van der Waals surface area (Å²) in [5.41, 5.74) is 0.166. The molecular weight excluding hydrogens is 408 g/mol. The molecule has 2 N–H and O–H groups in total. The first kappa shape index (κ1) is 19.5. The highest BCUT2D eigenvalue weighted by Crippen LogP contribution is 2.30. The molecule has 0 aliphatic carbocycles. The SMILES string of the molecule is C=CC(=O)N1CC(C2=Nc3ncn(-c4cc(O)cc5ccccc45)c(=O)c3C(C#N)N2)C1. The van der Waals surface area contributed by atoms with E-state index < -0.39 is 11.6 Å². The number of aliphatic imine (C=N–C) groups is 1. The lowest BCUT2D eigenvalue weighted by molar-refractivity contribution is -0.130. The highest BCUT2D eigenvalue weighted by Gasteiger charge is 2.37. The van der Waals surface area contributed by atoms with Crippen molar-refractivity contribution in [1.29, 1.82) is 5.26 Å². The second kappa shape index (κ2) is 7.35. The van der Waals surface area contributed by atoms with Crippen molar-refractivity contribution in [2.24, 2.45) is 10.9 Å². The van der Waals surface area contributed by atoms with Crippen molar-refractivity contribution < 1.29 is 9.90 Å². The van der Waals surface area contributed by atoms with E-state index in [1.165, 1.54) is 23.0 Å². The number of aromatic nitrogens is 2. The van der Waals surface area contributed by atoms with Crippen LogP contribution in [0.15, 0.2) is 65.2 Å². The number of aromatic hydroxyl groups is 1. The summed E-state index contributed by atoms with van der Waals surface area (Å²) >= 11 is 0. The zero-order valence-electron chi connectivity index (χ0n) is 16.9. The van der Waals surface area contributed by atoms with Crippen LogP contribution in [-0.2, 0) is 4.79 Å². The quantitative estimate of drug-likeness (QED) is 0.617. The largest absolute Gasteiger partial charge is 0.508 e. The molecule has 1 amide bonds. The van der Waals surface area contributed by atoms with Gasteiger partial charge in [0.15, 0.2) is 5.82 Å². The Morgan fingerprint density at radius 1 is 1.31 bits per heavy atom. The normalized spacial score (nSPS) is 17.5. The second-order valence-electron chi connectivity index (χ2n) is 7.69. The number of amidine groups is 1. The van der Waals surface area contributed by atoms with Gasteiger partial charge in [-0.2, -0.15) is 5.26 Å². The van der Waals surface area contributed by atoms with Crippen molar-refractivity contribution in [2.75, 3.05) is 13.1 Å². The van der Waals surface area contributed by atoms with Crippen molar-refractivity contribution in [3.05, 3.63) is 71.3 Å². The standard InChI is InChI=1S/C23H18N6O3/c1-2-19(31)28-10-14(11-28)21-26-17(9-24)20-22(27-21)25-12-29(23(20)32)18-8-15(30)7-13-5-3-4-6-16(13)18/h2-8,12,14,17,30H,1,10-11H2,(H,26,27). The molecule has 5 rings (SSSR count). The first-order chi connectivity index (χ1) is 15.5. The van der Waals surface area contributed by atoms with Crippen LogP contribution < -0.4 is 10.9 Å². The molecule has 158 valence electrons. The zero-order chi connectivity index (χ0) is 22.4. The van der Waals surface area contributed by atoms with E-state index in [4.69, 9.17) is 0 Å². The number of nitrogens with zero attached hydrogens (tertiary/aromatic N) is 5. The maximum absolute atomic E-state index is 13.4. The molecule has 1 unspecified atom stereocenters. The molecule has 0 bridgehead atoms. The van der Waals surface area contributed by atoms with Gasteiger partial charge in [-0.25, -0.2) is 9.98 Å². The Morgan fingerprint density at radius 3 is 2.84 bits per heavy atom. The smallest absolute Gasteiger partial charge is 0.266 e. The van der Waals surface area contributed by atoms with Gasteiger partial charge in [0.1, 0.15) is 24.0 Å². The Balaban J connectivity index is 1.58. The minimum absolute atomic E-state index is 0.0159. The van der Waals surface area contributed by atoms with Crippen molar-refractivity contribution in [3.8, 4) is 17.5 Å². The van der Waals surface area contributed by atoms with E-state index in [0.29, 0.717) is 24.6 Å². The number of rotatable bonds is 3. The first-order valence-electron chi connectivity index (χ1n) is 10.00. The topological polar surface area (TPSA) is 124 Å². The van der Waals surface area contributed by atoms with Crippen molar-refractivity contribution >= 4 is 28.3 Å². The van der Waals surface area contributed by atoms with Crippen LogP contribution in [0.1, 0.15) is 11.6 Å². The predicted octanol–water partition coefficient (Wildman–Crippen LogP) is 1.93. The molecule has 32 heavy (non-hydrogen) atoms. The van der Waals surface area contributed by atoms with Gasteiger partial charge in [-0.3, -0.25) is 14.2 Å². The van der Waals surface area contributed by atoms with Crippen LogP contribution >= 0.6 is 0 Å². The lowest BCUT2D eigenvalue weighted by atomic mass is 9.96. The molecule has 2 aromatic carbocycles. The number of benzene rings is 2. The number of phenols is 1. The first-order valence-corrected chi connectivity index (χ1v) is 10.00. The Labute approximate surface area is 182 Å². The Kier molecular flexibility index (Phi) is 4.48. The van der Waals surface area contributed by atoms with Crippen molar-refractivity contribution in [1.82, 2.24) is 19.8 Å². The maximum atomic E-state index is 13.4. The van der Waals surface area contributed by atoms with Crippen LogP contribution in [0.4, 0.5) is 5.82 Å². The minimum atomic E-state index is -0.933. The number of amides is 1. The third-order valence-corrected chi connectivity index (χ3v) is 5.76. The fourth-order valence-corrected chi connectivity index (χ4v) is 4.08. The Morgan fingerprint density at radius 2 is 2.09 bits per heavy atom. The number of carbonyl (C=O) groups is 1. The summed E-state index contributed by atoms with van der Waals surface area (Å²) in [5.74, 6) is 0.507. The highest BCUT2D eigenvalue weighted by atomic mass is 16.3. The second-order valence-corrected chi connectivity index (χ2v) is 7.69. The number of nitriles is 1. The van der Waals surface area contributed by atoms with Gasteiger partial charge in [0.2, 0.25) is 5.91 Å². The van der Waals surface area contributed by atoms with Crippen molar-refractivity contribution in [3.63, 3.8) is 0 Å². The molecule has 0 spiro atoms. The van der Waals surface area contributed by atoms with Crippen molar-refractivity contribution in [2.45, 2.75) is 6.04 Å². The average Bonchev–Trinajstić information content (AvgIpc) is 2.77. The third-order valence-electron chi connectivity index (χ3n) is 5.76. The van der Waals surface area contributed by atoms with E-state index in [2.05, 4.69) is 27.9 Å². The van der Waals surface area contributed by atoms with Gasteiger partial charge >= 0.3 is 0 Å². The van der Waals surface area contributed by atoms with Gasteiger partial charge in [0, 0.05) is 24.5 Å². The van der Waals surface area contributed by atoms with Crippen LogP contribution in [0.3, 0.4) is 0 Å². The lowest BCUT2D eigenvalue weighted by Gasteiger charge is -2.40. The molecule has 3 heterocycles. The van der Waals surface area contributed by atoms with Crippen LogP contribution in [0.25, 0.3) is 16.5 Å². The molecule has 2 aliphatic heterocycles. The number of carbonyl (C=O) groups excluding carboxylic acids is 1. The van der Waals surface area contributed by atoms with Crippen LogP contribution in [0.2, 0.25) is 0 Å².